The van der Waals surface area contributed by atoms with Crippen molar-refractivity contribution in [2.75, 3.05) is 10.2 Å². The number of fused-ring (bicyclic) bond motifs is 5. The van der Waals surface area contributed by atoms with Gasteiger partial charge in [0, 0.05) is 44.6 Å². The Morgan fingerprint density at radius 2 is 0.904 bits per heavy atom. The van der Waals surface area contributed by atoms with Gasteiger partial charge in [-0.05, 0) is 162 Å². The predicted octanol–water partition coefficient (Wildman–Crippen LogP) is 20.4. The molecule has 0 spiro atoms. The quantitative estimate of drug-likeness (QED) is 0.156. The number of hydrogen-bond donors (Lipinski definition) is 1. The predicted molar refractivity (Wildman–Crippen MR) is 312 cm³/mol. The topological polar surface area (TPSA) is 28.4 Å². The highest BCUT2D eigenvalue weighted by atomic mass is 16.3. The summed E-state index contributed by atoms with van der Waals surface area (Å²) < 4.78 is 6.70. The average Bonchev–Trinajstić information content (AvgIpc) is 3.77. The Kier molecular flexibility index (Phi) is 11.3. The Bertz CT molecular complexity index is 3990. The molecule has 3 heteroatoms. The molecule has 0 aliphatic rings. The van der Waals surface area contributed by atoms with Crippen LogP contribution in [0, 0.1) is 0 Å². The monoisotopic (exact) mass is 942 g/mol. The van der Waals surface area contributed by atoms with E-state index in [0.717, 1.165) is 83.8 Å². The molecule has 354 valence electrons. The van der Waals surface area contributed by atoms with E-state index in [1.54, 1.807) is 0 Å². The summed E-state index contributed by atoms with van der Waals surface area (Å²) in [5.41, 5.74) is 18.6. The van der Waals surface area contributed by atoms with E-state index in [2.05, 4.69) is 288 Å². The maximum Gasteiger partial charge on any atom is 0.136 e. The maximum absolute atomic E-state index is 6.70. The van der Waals surface area contributed by atoms with Crippen molar-refractivity contribution in [3.05, 3.63) is 248 Å². The first kappa shape index (κ1) is 45.5. The van der Waals surface area contributed by atoms with Crippen molar-refractivity contribution in [3.8, 4) is 44.5 Å². The van der Waals surface area contributed by atoms with Crippen LogP contribution in [-0.4, -0.2) is 0 Å². The summed E-state index contributed by atoms with van der Waals surface area (Å²) >= 11 is 0. The molecule has 0 bridgehead atoms. The van der Waals surface area contributed by atoms with Gasteiger partial charge < -0.3 is 14.6 Å². The van der Waals surface area contributed by atoms with Gasteiger partial charge in [0.1, 0.15) is 11.2 Å². The second kappa shape index (κ2) is 18.2. The molecule has 1 heterocycles. The van der Waals surface area contributed by atoms with Crippen LogP contribution in [0.2, 0.25) is 0 Å². The third kappa shape index (κ3) is 8.93. The van der Waals surface area contributed by atoms with E-state index < -0.39 is 0 Å². The number of anilines is 5. The third-order valence-electron chi connectivity index (χ3n) is 14.5. The number of nitrogens with zero attached hydrogens (tertiary/aromatic N) is 1. The van der Waals surface area contributed by atoms with Crippen molar-refractivity contribution in [1.82, 2.24) is 0 Å². The van der Waals surface area contributed by atoms with Crippen LogP contribution in [0.4, 0.5) is 28.4 Å². The van der Waals surface area contributed by atoms with E-state index >= 15 is 0 Å². The molecule has 0 radical (unpaired) electrons. The van der Waals surface area contributed by atoms with Crippen molar-refractivity contribution in [1.29, 1.82) is 0 Å². The van der Waals surface area contributed by atoms with Gasteiger partial charge in [0.2, 0.25) is 0 Å². The summed E-state index contributed by atoms with van der Waals surface area (Å²) in [7, 11) is 0. The van der Waals surface area contributed by atoms with Crippen molar-refractivity contribution in [3.63, 3.8) is 0 Å². The SMILES string of the molecule is CC(C)(C)c1ccc(N(c2cc(-c3ccccc3)cc(-c3cc4ccccc4cc3Nc3ccc(-c4ccccc4)cc3)c2)c2ccc3oc4cc5ccc(C(C)(C)C)cc5cc4c3c2)c(-c2ccccc2)c1. The number of rotatable bonds is 9. The Labute approximate surface area is 429 Å². The highest BCUT2D eigenvalue weighted by Gasteiger charge is 2.25. The molecule has 0 unspecified atom stereocenters. The molecule has 0 fully saturated rings. The minimum absolute atomic E-state index is 0.0270. The fourth-order valence-electron chi connectivity index (χ4n) is 10.4. The second-order valence-corrected chi connectivity index (χ2v) is 21.6. The fourth-order valence-corrected chi connectivity index (χ4v) is 10.4. The molecule has 3 nitrogen and oxygen atoms in total. The smallest absolute Gasteiger partial charge is 0.136 e. The van der Waals surface area contributed by atoms with Crippen molar-refractivity contribution >= 4 is 71.9 Å². The highest BCUT2D eigenvalue weighted by Crippen LogP contribution is 2.48. The molecule has 11 aromatic carbocycles. The number of hydrogen-bond acceptors (Lipinski definition) is 3. The van der Waals surface area contributed by atoms with Gasteiger partial charge in [-0.2, -0.15) is 0 Å². The Balaban J connectivity index is 1.10. The van der Waals surface area contributed by atoms with E-state index in [-0.39, 0.29) is 10.8 Å². The standard InChI is InChI=1S/C70H58N2O/c1-69(2,3)56-29-26-52-43-68-63(41-54(52)37-56)64-45-59(33-35-67(64)73-68)72(66-34-30-57(70(4,5)6)44-62(66)49-22-14-9-15-23-49)60-38-53(47-20-12-8-13-21-47)36-55(39-60)61-40-50-24-16-17-25-51(50)42-65(61)71-58-31-27-48(28-32-58)46-18-10-7-11-19-46/h7-45,71H,1-6H3. The summed E-state index contributed by atoms with van der Waals surface area (Å²) in [5, 5.41) is 10.8. The molecule has 12 aromatic rings. The summed E-state index contributed by atoms with van der Waals surface area (Å²) in [6, 6.07) is 86.5. The minimum atomic E-state index is -0.0706. The lowest BCUT2D eigenvalue weighted by Crippen LogP contribution is -2.15. The Morgan fingerprint density at radius 3 is 1.59 bits per heavy atom. The van der Waals surface area contributed by atoms with Gasteiger partial charge in [-0.15, -0.1) is 0 Å². The van der Waals surface area contributed by atoms with Crippen LogP contribution in [0.15, 0.2) is 241 Å². The van der Waals surface area contributed by atoms with Crippen molar-refractivity contribution < 1.29 is 4.42 Å². The van der Waals surface area contributed by atoms with Crippen molar-refractivity contribution in [2.45, 2.75) is 52.4 Å². The molecular weight excluding hydrogens is 885 g/mol. The lowest BCUT2D eigenvalue weighted by molar-refractivity contribution is 0.590. The fraction of sp³-hybridized carbons (Fsp3) is 0.114. The van der Waals surface area contributed by atoms with Crippen LogP contribution in [0.5, 0.6) is 0 Å². The molecule has 73 heavy (non-hydrogen) atoms. The van der Waals surface area contributed by atoms with Crippen molar-refractivity contribution in [2.24, 2.45) is 0 Å². The zero-order valence-electron chi connectivity index (χ0n) is 42.4. The molecule has 0 atom stereocenters. The van der Waals surface area contributed by atoms with Crippen LogP contribution >= 0.6 is 0 Å². The van der Waals surface area contributed by atoms with E-state index in [4.69, 9.17) is 4.42 Å². The van der Waals surface area contributed by atoms with Crippen LogP contribution in [0.25, 0.3) is 88.0 Å². The average molecular weight is 943 g/mol. The van der Waals surface area contributed by atoms with Gasteiger partial charge in [0.15, 0.2) is 0 Å². The number of nitrogens with one attached hydrogen (secondary N) is 1. The van der Waals surface area contributed by atoms with Crippen LogP contribution < -0.4 is 10.2 Å². The van der Waals surface area contributed by atoms with Crippen LogP contribution in [0.3, 0.4) is 0 Å². The molecule has 1 N–H and O–H groups in total. The van der Waals surface area contributed by atoms with Gasteiger partial charge in [0.25, 0.3) is 0 Å². The zero-order valence-corrected chi connectivity index (χ0v) is 42.4. The molecule has 0 amide bonds. The normalized spacial score (nSPS) is 12.0. The lowest BCUT2D eigenvalue weighted by Gasteiger charge is -2.31. The zero-order chi connectivity index (χ0) is 49.8. The molecule has 0 saturated carbocycles. The largest absolute Gasteiger partial charge is 0.456 e. The van der Waals surface area contributed by atoms with E-state index in [0.29, 0.717) is 0 Å². The molecule has 1 aromatic heterocycles. The molecule has 0 aliphatic carbocycles. The van der Waals surface area contributed by atoms with Crippen LogP contribution in [-0.2, 0) is 10.8 Å². The van der Waals surface area contributed by atoms with Crippen LogP contribution in [0.1, 0.15) is 52.7 Å². The molecule has 12 rings (SSSR count). The molecular formula is C70H58N2O. The molecule has 0 saturated heterocycles. The Morgan fingerprint density at radius 1 is 0.342 bits per heavy atom. The summed E-state index contributed by atoms with van der Waals surface area (Å²) in [6.45, 7) is 13.7. The first-order valence-electron chi connectivity index (χ1n) is 25.5. The van der Waals surface area contributed by atoms with Gasteiger partial charge in [-0.25, -0.2) is 0 Å². The first-order valence-corrected chi connectivity index (χ1v) is 25.5. The minimum Gasteiger partial charge on any atom is -0.456 e. The summed E-state index contributed by atoms with van der Waals surface area (Å²) in [4.78, 5) is 2.47. The van der Waals surface area contributed by atoms with E-state index in [9.17, 15) is 0 Å². The third-order valence-corrected chi connectivity index (χ3v) is 14.5. The Hall–Kier alpha value is -8.66. The highest BCUT2D eigenvalue weighted by molar-refractivity contribution is 6.11. The second-order valence-electron chi connectivity index (χ2n) is 21.6. The van der Waals surface area contributed by atoms with E-state index in [1.807, 2.05) is 0 Å². The number of furan rings is 1. The van der Waals surface area contributed by atoms with Gasteiger partial charge in [-0.3, -0.25) is 0 Å². The summed E-state index contributed by atoms with van der Waals surface area (Å²) in [5.74, 6) is 0. The summed E-state index contributed by atoms with van der Waals surface area (Å²) in [6.07, 6.45) is 0. The maximum atomic E-state index is 6.70. The van der Waals surface area contributed by atoms with Gasteiger partial charge in [-0.1, -0.05) is 193 Å². The lowest BCUT2D eigenvalue weighted by atomic mass is 9.84. The van der Waals surface area contributed by atoms with Gasteiger partial charge in [0.05, 0.1) is 5.69 Å². The first-order chi connectivity index (χ1) is 35.4. The molecule has 0 aliphatic heterocycles. The van der Waals surface area contributed by atoms with Gasteiger partial charge >= 0.3 is 0 Å². The number of benzene rings is 11. The van der Waals surface area contributed by atoms with E-state index in [1.165, 1.54) is 43.8 Å².